The van der Waals surface area contributed by atoms with Crippen molar-refractivity contribution in [2.75, 3.05) is 30.3 Å². The van der Waals surface area contributed by atoms with Gasteiger partial charge in [-0.15, -0.1) is 0 Å². The molecule has 0 bridgehead atoms. The maximum atomic E-state index is 12.3. The normalized spacial score (nSPS) is 16.8. The Kier molecular flexibility index (Phi) is 4.55. The lowest BCUT2D eigenvalue weighted by atomic mass is 10.2. The molecule has 0 aromatic heterocycles. The summed E-state index contributed by atoms with van der Waals surface area (Å²) in [5.41, 5.74) is 1.48. The van der Waals surface area contributed by atoms with Crippen LogP contribution in [0.2, 0.25) is 0 Å². The molecule has 1 unspecified atom stereocenters. The maximum absolute atomic E-state index is 12.3. The minimum atomic E-state index is -3.38. The first kappa shape index (κ1) is 15.1. The molecular weight excluding hydrogens is 274 g/mol. The molecule has 20 heavy (non-hydrogen) atoms. The first-order valence-electron chi connectivity index (χ1n) is 6.91. The van der Waals surface area contributed by atoms with Crippen molar-refractivity contribution in [1.82, 2.24) is 5.32 Å². The van der Waals surface area contributed by atoms with E-state index in [4.69, 9.17) is 0 Å². The second kappa shape index (κ2) is 6.01. The maximum Gasteiger partial charge on any atom is 0.236 e. The van der Waals surface area contributed by atoms with Gasteiger partial charge in [0.15, 0.2) is 0 Å². The van der Waals surface area contributed by atoms with E-state index in [0.717, 1.165) is 18.5 Å². The summed E-state index contributed by atoms with van der Waals surface area (Å²) >= 11 is 0. The van der Waals surface area contributed by atoms with Crippen molar-refractivity contribution < 1.29 is 8.42 Å². The Bertz CT molecular complexity index is 553. The molecule has 0 radical (unpaired) electrons. The summed E-state index contributed by atoms with van der Waals surface area (Å²) in [6.07, 6.45) is 2.31. The smallest absolute Gasteiger partial charge is 0.236 e. The summed E-state index contributed by atoms with van der Waals surface area (Å²) in [7, 11) is 0.412. The van der Waals surface area contributed by atoms with E-state index in [1.165, 1.54) is 0 Å². The van der Waals surface area contributed by atoms with Crippen LogP contribution in [0.25, 0.3) is 0 Å². The van der Waals surface area contributed by atoms with E-state index in [1.807, 2.05) is 37.2 Å². The molecule has 0 saturated heterocycles. The van der Waals surface area contributed by atoms with Crippen LogP contribution in [0.3, 0.4) is 0 Å². The van der Waals surface area contributed by atoms with Crippen molar-refractivity contribution >= 4 is 21.4 Å². The number of hydrogen-bond acceptors (Lipinski definition) is 4. The molecule has 0 heterocycles. The molecule has 0 aliphatic heterocycles. The molecule has 1 atom stereocenters. The third-order valence-corrected chi connectivity index (χ3v) is 5.17. The molecule has 5 nitrogen and oxygen atoms in total. The van der Waals surface area contributed by atoms with Crippen LogP contribution >= 0.6 is 0 Å². The average molecular weight is 297 g/mol. The standard InChI is InChI=1S/C14H23N3O2S/c1-11(10-15-12-8-9-12)20(18,19)16-13-6-4-5-7-14(13)17(2)3/h4-7,11-12,15-16H,8-10H2,1-3H3. The van der Waals surface area contributed by atoms with Crippen LogP contribution < -0.4 is 14.9 Å². The number of rotatable bonds is 7. The molecule has 2 rings (SSSR count). The number of nitrogens with zero attached hydrogens (tertiary/aromatic N) is 1. The van der Waals surface area contributed by atoms with Crippen LogP contribution in [0, 0.1) is 0 Å². The van der Waals surface area contributed by atoms with Crippen LogP contribution in [0.4, 0.5) is 11.4 Å². The van der Waals surface area contributed by atoms with Crippen molar-refractivity contribution in [3.8, 4) is 0 Å². The van der Waals surface area contributed by atoms with Gasteiger partial charge in [0.1, 0.15) is 0 Å². The highest BCUT2D eigenvalue weighted by Crippen LogP contribution is 2.25. The Morgan fingerprint density at radius 3 is 2.55 bits per heavy atom. The van der Waals surface area contributed by atoms with Gasteiger partial charge in [0.25, 0.3) is 0 Å². The van der Waals surface area contributed by atoms with Gasteiger partial charge < -0.3 is 10.2 Å². The van der Waals surface area contributed by atoms with Gasteiger partial charge in [-0.3, -0.25) is 4.72 Å². The molecule has 2 N–H and O–H groups in total. The van der Waals surface area contributed by atoms with Crippen molar-refractivity contribution in [2.24, 2.45) is 0 Å². The lowest BCUT2D eigenvalue weighted by molar-refractivity contribution is 0.576. The van der Waals surface area contributed by atoms with Crippen LogP contribution in [-0.2, 0) is 10.0 Å². The van der Waals surface area contributed by atoms with E-state index in [9.17, 15) is 8.42 Å². The van der Waals surface area contributed by atoms with Gasteiger partial charge in [0, 0.05) is 26.7 Å². The predicted molar refractivity (Wildman–Crippen MR) is 83.8 cm³/mol. The van der Waals surface area contributed by atoms with E-state index in [0.29, 0.717) is 18.3 Å². The fourth-order valence-corrected chi connectivity index (χ4v) is 2.93. The first-order valence-corrected chi connectivity index (χ1v) is 8.46. The lowest BCUT2D eigenvalue weighted by Crippen LogP contribution is -2.35. The molecule has 6 heteroatoms. The van der Waals surface area contributed by atoms with Crippen molar-refractivity contribution in [3.63, 3.8) is 0 Å². The largest absolute Gasteiger partial charge is 0.376 e. The number of nitrogens with one attached hydrogen (secondary N) is 2. The molecule has 112 valence electrons. The van der Waals surface area contributed by atoms with E-state index in [1.54, 1.807) is 13.0 Å². The Hall–Kier alpha value is -1.27. The minimum absolute atomic E-state index is 0.460. The summed E-state index contributed by atoms with van der Waals surface area (Å²) in [6, 6.07) is 7.92. The number of hydrogen-bond donors (Lipinski definition) is 2. The molecule has 1 aromatic rings. The minimum Gasteiger partial charge on any atom is -0.376 e. The Morgan fingerprint density at radius 1 is 1.30 bits per heavy atom. The second-order valence-electron chi connectivity index (χ2n) is 5.55. The van der Waals surface area contributed by atoms with Crippen LogP contribution in [0.5, 0.6) is 0 Å². The third kappa shape index (κ3) is 3.86. The summed E-state index contributed by atoms with van der Waals surface area (Å²) in [6.45, 7) is 2.22. The average Bonchev–Trinajstić information content (AvgIpc) is 3.19. The topological polar surface area (TPSA) is 61.4 Å². The molecule has 1 aromatic carbocycles. The lowest BCUT2D eigenvalue weighted by Gasteiger charge is -2.20. The summed E-state index contributed by atoms with van der Waals surface area (Å²) < 4.78 is 27.4. The monoisotopic (exact) mass is 297 g/mol. The van der Waals surface area contributed by atoms with E-state index >= 15 is 0 Å². The van der Waals surface area contributed by atoms with Gasteiger partial charge in [-0.05, 0) is 31.9 Å². The highest BCUT2D eigenvalue weighted by molar-refractivity contribution is 7.93. The van der Waals surface area contributed by atoms with Crippen LogP contribution in [0.15, 0.2) is 24.3 Å². The van der Waals surface area contributed by atoms with Crippen molar-refractivity contribution in [3.05, 3.63) is 24.3 Å². The summed E-state index contributed by atoms with van der Waals surface area (Å²) in [5.74, 6) is 0. The molecular formula is C14H23N3O2S. The molecule has 1 aliphatic carbocycles. The molecule has 1 fully saturated rings. The van der Waals surface area contributed by atoms with Crippen molar-refractivity contribution in [2.45, 2.75) is 31.1 Å². The number of sulfonamides is 1. The highest BCUT2D eigenvalue weighted by Gasteiger charge is 2.26. The quantitative estimate of drug-likeness (QED) is 0.803. The molecule has 1 aliphatic rings. The zero-order valence-electron chi connectivity index (χ0n) is 12.3. The fraction of sp³-hybridized carbons (Fsp3) is 0.571. The van der Waals surface area contributed by atoms with Gasteiger partial charge in [0.2, 0.25) is 10.0 Å². The van der Waals surface area contributed by atoms with Gasteiger partial charge in [-0.2, -0.15) is 0 Å². The SMILES string of the molecule is CC(CNC1CC1)S(=O)(=O)Nc1ccccc1N(C)C. The van der Waals surface area contributed by atoms with Crippen molar-refractivity contribution in [1.29, 1.82) is 0 Å². The highest BCUT2D eigenvalue weighted by atomic mass is 32.2. The summed E-state index contributed by atoms with van der Waals surface area (Å²) in [5, 5.41) is 2.80. The number of anilines is 2. The third-order valence-electron chi connectivity index (χ3n) is 3.44. The van der Waals surface area contributed by atoms with Gasteiger partial charge in [0.05, 0.1) is 16.6 Å². The number of benzene rings is 1. The fourth-order valence-electron chi connectivity index (χ4n) is 1.93. The summed E-state index contributed by atoms with van der Waals surface area (Å²) in [4.78, 5) is 1.89. The number of para-hydroxylation sites is 2. The Labute approximate surface area is 121 Å². The first-order chi connectivity index (χ1) is 9.40. The van der Waals surface area contributed by atoms with E-state index in [-0.39, 0.29) is 0 Å². The second-order valence-corrected chi connectivity index (χ2v) is 7.65. The molecule has 0 spiro atoms. The Morgan fingerprint density at radius 2 is 1.95 bits per heavy atom. The molecule has 1 saturated carbocycles. The Balaban J connectivity index is 2.06. The van der Waals surface area contributed by atoms with Crippen LogP contribution in [-0.4, -0.2) is 40.3 Å². The van der Waals surface area contributed by atoms with Gasteiger partial charge >= 0.3 is 0 Å². The van der Waals surface area contributed by atoms with E-state index in [2.05, 4.69) is 10.0 Å². The van der Waals surface area contributed by atoms with Gasteiger partial charge in [-0.1, -0.05) is 12.1 Å². The van der Waals surface area contributed by atoms with E-state index < -0.39 is 15.3 Å². The zero-order chi connectivity index (χ0) is 14.8. The predicted octanol–water partition coefficient (Wildman–Crippen LogP) is 1.63. The van der Waals surface area contributed by atoms with Gasteiger partial charge in [-0.25, -0.2) is 8.42 Å². The van der Waals surface area contributed by atoms with Crippen LogP contribution in [0.1, 0.15) is 19.8 Å². The zero-order valence-corrected chi connectivity index (χ0v) is 13.1. The molecule has 0 amide bonds.